The maximum atomic E-state index is 13.5. The van der Waals surface area contributed by atoms with Crippen LogP contribution < -0.4 is 10.6 Å². The fourth-order valence-electron chi connectivity index (χ4n) is 4.17. The second-order valence-corrected chi connectivity index (χ2v) is 12.0. The quantitative estimate of drug-likeness (QED) is 0.465. The number of alkyl halides is 2. The Kier molecular flexibility index (Phi) is 7.14. The van der Waals surface area contributed by atoms with Gasteiger partial charge in [-0.25, -0.2) is 17.2 Å². The fourth-order valence-corrected chi connectivity index (χ4v) is 6.61. The average Bonchev–Trinajstić information content (AvgIpc) is 3.56. The highest BCUT2D eigenvalue weighted by molar-refractivity contribution is 7.91. The number of hydrogen-bond donors (Lipinski definition) is 1. The van der Waals surface area contributed by atoms with Gasteiger partial charge in [-0.3, -0.25) is 4.79 Å². The lowest BCUT2D eigenvalue weighted by Crippen LogP contribution is -2.39. The van der Waals surface area contributed by atoms with Gasteiger partial charge < -0.3 is 10.6 Å². The molecular weight excluding hydrogens is 505 g/mol. The Morgan fingerprint density at radius 2 is 1.71 bits per heavy atom. The molecule has 1 aliphatic heterocycles. The molecule has 1 saturated heterocycles. The Bertz CT molecular complexity index is 1190. The minimum atomic E-state index is -3.30. The highest BCUT2D eigenvalue weighted by Gasteiger charge is 2.35. The molecule has 0 aromatic heterocycles. The summed E-state index contributed by atoms with van der Waals surface area (Å²) in [5, 5.41) is 0.420. The van der Waals surface area contributed by atoms with Crippen LogP contribution in [0.3, 0.4) is 0 Å². The summed E-state index contributed by atoms with van der Waals surface area (Å²) in [6, 6.07) is 7.95. The molecule has 10 heteroatoms. The molecule has 4 rings (SSSR count). The molecular formula is C24H26Cl2F2N2O3S. The SMILES string of the molecule is Nc1c(CC(=O)Cc2ccc(S(=O)(=O)CC3CC3)cc2)cc(Cl)c(N2CCC(F)(F)CC2)c1Cl. The van der Waals surface area contributed by atoms with Crippen LogP contribution >= 0.6 is 23.2 Å². The first-order valence-electron chi connectivity index (χ1n) is 11.2. The van der Waals surface area contributed by atoms with E-state index >= 15 is 0 Å². The molecule has 0 amide bonds. The van der Waals surface area contributed by atoms with Gasteiger partial charge in [0.25, 0.3) is 5.92 Å². The Morgan fingerprint density at radius 1 is 1.09 bits per heavy atom. The number of nitrogen functional groups attached to an aromatic ring is 1. The van der Waals surface area contributed by atoms with Gasteiger partial charge in [-0.15, -0.1) is 0 Å². The van der Waals surface area contributed by atoms with Gasteiger partial charge in [0.1, 0.15) is 5.78 Å². The third-order valence-electron chi connectivity index (χ3n) is 6.35. The van der Waals surface area contributed by atoms with Gasteiger partial charge >= 0.3 is 0 Å². The van der Waals surface area contributed by atoms with Crippen LogP contribution in [0.15, 0.2) is 35.2 Å². The van der Waals surface area contributed by atoms with Crippen molar-refractivity contribution in [1.29, 1.82) is 0 Å². The zero-order valence-corrected chi connectivity index (χ0v) is 20.8. The number of piperidine rings is 1. The van der Waals surface area contributed by atoms with E-state index in [-0.39, 0.29) is 76.9 Å². The smallest absolute Gasteiger partial charge is 0.251 e. The van der Waals surface area contributed by atoms with Gasteiger partial charge in [0.15, 0.2) is 9.84 Å². The van der Waals surface area contributed by atoms with Crippen molar-refractivity contribution in [2.45, 2.75) is 49.3 Å². The van der Waals surface area contributed by atoms with Gasteiger partial charge in [-0.1, -0.05) is 35.3 Å². The second kappa shape index (κ2) is 9.63. The van der Waals surface area contributed by atoms with E-state index in [1.165, 1.54) is 0 Å². The van der Waals surface area contributed by atoms with Crippen LogP contribution in [-0.2, 0) is 27.5 Å². The number of benzene rings is 2. The molecule has 0 bridgehead atoms. The fraction of sp³-hybridized carbons (Fsp3) is 0.458. The number of nitrogens with two attached hydrogens (primary N) is 1. The number of carbonyl (C=O) groups excluding carboxylic acids is 1. The average molecular weight is 531 g/mol. The number of nitrogens with zero attached hydrogens (tertiary/aromatic N) is 1. The first kappa shape index (κ1) is 25.2. The van der Waals surface area contributed by atoms with E-state index in [0.717, 1.165) is 12.8 Å². The number of halogens is 4. The minimum absolute atomic E-state index is 0.00858. The normalized spacial score (nSPS) is 18.2. The number of sulfone groups is 1. The predicted molar refractivity (Wildman–Crippen MR) is 131 cm³/mol. The molecule has 1 saturated carbocycles. The first-order valence-corrected chi connectivity index (χ1v) is 13.6. The molecule has 1 heterocycles. The Morgan fingerprint density at radius 3 is 2.29 bits per heavy atom. The van der Waals surface area contributed by atoms with Gasteiger partial charge in [0.05, 0.1) is 32.1 Å². The van der Waals surface area contributed by atoms with Gasteiger partial charge in [-0.05, 0) is 48.1 Å². The summed E-state index contributed by atoms with van der Waals surface area (Å²) in [5.74, 6) is -2.41. The van der Waals surface area contributed by atoms with Crippen molar-refractivity contribution in [2.24, 2.45) is 5.92 Å². The van der Waals surface area contributed by atoms with Crippen LogP contribution in [-0.4, -0.2) is 39.0 Å². The zero-order chi connectivity index (χ0) is 24.7. The lowest BCUT2D eigenvalue weighted by molar-refractivity contribution is -0.117. The maximum Gasteiger partial charge on any atom is 0.251 e. The van der Waals surface area contributed by atoms with Crippen LogP contribution in [0.4, 0.5) is 20.2 Å². The largest absolute Gasteiger partial charge is 0.397 e. The van der Waals surface area contributed by atoms with Crippen LogP contribution in [0, 0.1) is 5.92 Å². The topological polar surface area (TPSA) is 80.5 Å². The molecule has 5 nitrogen and oxygen atoms in total. The molecule has 2 aromatic carbocycles. The van der Waals surface area contributed by atoms with E-state index in [9.17, 15) is 22.0 Å². The summed E-state index contributed by atoms with van der Waals surface area (Å²) in [6.45, 7) is 0.215. The van der Waals surface area contributed by atoms with Crippen LogP contribution in [0.2, 0.25) is 10.0 Å². The van der Waals surface area contributed by atoms with Crippen molar-refractivity contribution in [3.8, 4) is 0 Å². The van der Waals surface area contributed by atoms with Crippen LogP contribution in [0.5, 0.6) is 0 Å². The standard InChI is InChI=1S/C24H26Cl2F2N2O3S/c25-20-13-17(22(29)21(26)23(20)30-9-7-24(27,28)8-10-30)12-18(31)11-15-3-5-19(6-4-15)34(32,33)14-16-1-2-16/h3-6,13,16H,1-2,7-12,14,29H2. The first-order chi connectivity index (χ1) is 15.9. The number of ketones is 1. The van der Waals surface area contributed by atoms with Crippen molar-refractivity contribution in [3.05, 3.63) is 51.5 Å². The van der Waals surface area contributed by atoms with Crippen molar-refractivity contribution in [2.75, 3.05) is 29.5 Å². The molecule has 2 aliphatic rings. The predicted octanol–water partition coefficient (Wildman–Crippen LogP) is 5.35. The Hall–Kier alpha value is -1.90. The van der Waals surface area contributed by atoms with Crippen LogP contribution in [0.25, 0.3) is 0 Å². The van der Waals surface area contributed by atoms with Crippen molar-refractivity contribution in [3.63, 3.8) is 0 Å². The van der Waals surface area contributed by atoms with Crippen molar-refractivity contribution < 1.29 is 22.0 Å². The molecule has 1 aliphatic carbocycles. The minimum Gasteiger partial charge on any atom is -0.397 e. The second-order valence-electron chi connectivity index (χ2n) is 9.20. The summed E-state index contributed by atoms with van der Waals surface area (Å²) >= 11 is 12.9. The summed E-state index contributed by atoms with van der Waals surface area (Å²) in [4.78, 5) is 14.7. The third-order valence-corrected chi connectivity index (χ3v) is 8.92. The summed E-state index contributed by atoms with van der Waals surface area (Å²) in [5.41, 5.74) is 7.96. The molecule has 184 valence electrons. The Labute approximate surface area is 208 Å². The molecule has 0 spiro atoms. The highest BCUT2D eigenvalue weighted by atomic mass is 35.5. The molecule has 0 radical (unpaired) electrons. The van der Waals surface area contributed by atoms with Crippen molar-refractivity contribution >= 4 is 50.2 Å². The molecule has 2 fully saturated rings. The Balaban J connectivity index is 1.43. The molecule has 34 heavy (non-hydrogen) atoms. The van der Waals surface area contributed by atoms with E-state index in [2.05, 4.69) is 0 Å². The van der Waals surface area contributed by atoms with Crippen LogP contribution in [0.1, 0.15) is 36.8 Å². The summed E-state index contributed by atoms with van der Waals surface area (Å²) in [7, 11) is -3.30. The molecule has 0 atom stereocenters. The number of carbonyl (C=O) groups is 1. The molecule has 2 aromatic rings. The van der Waals surface area contributed by atoms with E-state index in [1.54, 1.807) is 35.2 Å². The number of rotatable bonds is 8. The number of hydrogen-bond acceptors (Lipinski definition) is 5. The van der Waals surface area contributed by atoms with Gasteiger partial charge in [-0.2, -0.15) is 0 Å². The summed E-state index contributed by atoms with van der Waals surface area (Å²) < 4.78 is 51.8. The van der Waals surface area contributed by atoms with E-state index in [0.29, 0.717) is 16.8 Å². The van der Waals surface area contributed by atoms with Crippen molar-refractivity contribution in [1.82, 2.24) is 0 Å². The summed E-state index contributed by atoms with van der Waals surface area (Å²) in [6.07, 6.45) is 1.42. The molecule has 0 unspecified atom stereocenters. The maximum absolute atomic E-state index is 13.5. The van der Waals surface area contributed by atoms with E-state index in [1.807, 2.05) is 0 Å². The van der Waals surface area contributed by atoms with Gasteiger partial charge in [0.2, 0.25) is 0 Å². The van der Waals surface area contributed by atoms with E-state index in [4.69, 9.17) is 28.9 Å². The number of Topliss-reactive ketones (excluding diaryl/α,β-unsaturated/α-hetero) is 1. The monoisotopic (exact) mass is 530 g/mol. The highest BCUT2D eigenvalue weighted by Crippen LogP contribution is 2.42. The zero-order valence-electron chi connectivity index (χ0n) is 18.5. The van der Waals surface area contributed by atoms with E-state index < -0.39 is 15.8 Å². The molecule has 2 N–H and O–H groups in total. The third kappa shape index (κ3) is 5.83. The number of anilines is 2. The lowest BCUT2D eigenvalue weighted by atomic mass is 10.00. The lowest BCUT2D eigenvalue weighted by Gasteiger charge is -2.34. The van der Waals surface area contributed by atoms with Gasteiger partial charge in [0, 0.05) is 38.8 Å².